The zero-order valence-corrected chi connectivity index (χ0v) is 6.08. The van der Waals surface area contributed by atoms with Crippen LogP contribution in [0.3, 0.4) is 0 Å². The van der Waals surface area contributed by atoms with Gasteiger partial charge in [0.05, 0.1) is 6.07 Å². The lowest BCUT2D eigenvalue weighted by atomic mass is 10.1. The first-order valence-electron chi connectivity index (χ1n) is 2.90. The molecular formula is C6H11ClN2. The molecule has 0 saturated heterocycles. The summed E-state index contributed by atoms with van der Waals surface area (Å²) in [6.07, 6.45) is 2.98. The fourth-order valence-corrected chi connectivity index (χ4v) is 0.798. The average molecular weight is 147 g/mol. The highest BCUT2D eigenvalue weighted by molar-refractivity contribution is 5.85. The summed E-state index contributed by atoms with van der Waals surface area (Å²) in [6, 6.07) is 2.14. The van der Waals surface area contributed by atoms with Gasteiger partial charge in [0, 0.05) is 6.42 Å². The fraction of sp³-hybridized carbons (Fsp3) is 0.833. The van der Waals surface area contributed by atoms with E-state index in [1.807, 2.05) is 0 Å². The van der Waals surface area contributed by atoms with Gasteiger partial charge in [-0.3, -0.25) is 0 Å². The van der Waals surface area contributed by atoms with Crippen molar-refractivity contribution in [2.75, 3.05) is 6.54 Å². The van der Waals surface area contributed by atoms with Crippen molar-refractivity contribution in [3.63, 3.8) is 0 Å². The topological polar surface area (TPSA) is 49.8 Å². The second-order valence-corrected chi connectivity index (χ2v) is 2.54. The average Bonchev–Trinajstić information content (AvgIpc) is 2.50. The number of nitrogens with zero attached hydrogens (tertiary/aromatic N) is 1. The number of hydrogen-bond donors (Lipinski definition) is 1. The van der Waals surface area contributed by atoms with E-state index in [1.165, 1.54) is 0 Å². The molecule has 0 radical (unpaired) electrons. The molecule has 0 heterocycles. The zero-order valence-electron chi connectivity index (χ0n) is 5.26. The third-order valence-electron chi connectivity index (χ3n) is 1.84. The summed E-state index contributed by atoms with van der Waals surface area (Å²) in [5.41, 5.74) is 5.66. The minimum absolute atomic E-state index is 0. The van der Waals surface area contributed by atoms with Gasteiger partial charge >= 0.3 is 0 Å². The Morgan fingerprint density at radius 1 is 1.56 bits per heavy atom. The van der Waals surface area contributed by atoms with Gasteiger partial charge in [0.15, 0.2) is 0 Å². The van der Waals surface area contributed by atoms with Crippen LogP contribution >= 0.6 is 12.4 Å². The van der Waals surface area contributed by atoms with Crippen LogP contribution in [0.25, 0.3) is 0 Å². The molecule has 0 unspecified atom stereocenters. The standard InChI is InChI=1S/C6H10N2.ClH/c7-4-3-6(5-8)1-2-6;/h1-3,5,8H2;1H. The number of halogens is 1. The minimum Gasteiger partial charge on any atom is -0.330 e. The van der Waals surface area contributed by atoms with Crippen molar-refractivity contribution in [1.29, 1.82) is 5.26 Å². The van der Waals surface area contributed by atoms with Crippen molar-refractivity contribution in [2.45, 2.75) is 19.3 Å². The SMILES string of the molecule is Cl.N#CCC1(CN)CC1. The van der Waals surface area contributed by atoms with Crippen LogP contribution < -0.4 is 5.73 Å². The molecule has 3 heteroatoms. The first kappa shape index (κ1) is 8.74. The molecule has 2 N–H and O–H groups in total. The van der Waals surface area contributed by atoms with Crippen LogP contribution in [-0.4, -0.2) is 6.54 Å². The molecule has 0 amide bonds. The summed E-state index contributed by atoms with van der Waals surface area (Å²) >= 11 is 0. The first-order chi connectivity index (χ1) is 3.83. The molecule has 9 heavy (non-hydrogen) atoms. The van der Waals surface area contributed by atoms with Gasteiger partial charge in [-0.1, -0.05) is 0 Å². The molecular weight excluding hydrogens is 136 g/mol. The minimum atomic E-state index is 0. The Morgan fingerprint density at radius 3 is 2.22 bits per heavy atom. The lowest BCUT2D eigenvalue weighted by Gasteiger charge is -2.02. The molecule has 0 aromatic rings. The molecule has 1 aliphatic carbocycles. The van der Waals surface area contributed by atoms with E-state index in [4.69, 9.17) is 11.0 Å². The summed E-state index contributed by atoms with van der Waals surface area (Å²) in [5, 5.41) is 8.27. The fourth-order valence-electron chi connectivity index (χ4n) is 0.798. The molecule has 1 rings (SSSR count). The van der Waals surface area contributed by atoms with Crippen molar-refractivity contribution >= 4 is 12.4 Å². The van der Waals surface area contributed by atoms with E-state index >= 15 is 0 Å². The van der Waals surface area contributed by atoms with E-state index in [0.717, 1.165) is 12.8 Å². The third-order valence-corrected chi connectivity index (χ3v) is 1.84. The molecule has 0 spiro atoms. The van der Waals surface area contributed by atoms with Gasteiger partial charge in [0.1, 0.15) is 0 Å². The summed E-state index contributed by atoms with van der Waals surface area (Å²) < 4.78 is 0. The van der Waals surface area contributed by atoms with Crippen LogP contribution in [0.1, 0.15) is 19.3 Å². The molecule has 1 fully saturated rings. The van der Waals surface area contributed by atoms with Gasteiger partial charge in [-0.05, 0) is 24.8 Å². The van der Waals surface area contributed by atoms with E-state index in [1.54, 1.807) is 0 Å². The number of hydrogen-bond acceptors (Lipinski definition) is 2. The van der Waals surface area contributed by atoms with E-state index in [9.17, 15) is 0 Å². The van der Waals surface area contributed by atoms with E-state index in [2.05, 4.69) is 6.07 Å². The van der Waals surface area contributed by atoms with Gasteiger partial charge in [-0.15, -0.1) is 12.4 Å². The number of nitrogens with two attached hydrogens (primary N) is 1. The molecule has 2 nitrogen and oxygen atoms in total. The summed E-state index contributed by atoms with van der Waals surface area (Å²) in [6.45, 7) is 0.695. The van der Waals surface area contributed by atoms with Crippen molar-refractivity contribution in [3.05, 3.63) is 0 Å². The van der Waals surface area contributed by atoms with Crippen LogP contribution in [0.5, 0.6) is 0 Å². The van der Waals surface area contributed by atoms with E-state index in [-0.39, 0.29) is 17.8 Å². The highest BCUT2D eigenvalue weighted by Crippen LogP contribution is 2.47. The van der Waals surface area contributed by atoms with Crippen LogP contribution in [0.15, 0.2) is 0 Å². The maximum atomic E-state index is 8.27. The van der Waals surface area contributed by atoms with Crippen LogP contribution in [-0.2, 0) is 0 Å². The van der Waals surface area contributed by atoms with Crippen LogP contribution in [0.2, 0.25) is 0 Å². The quantitative estimate of drug-likeness (QED) is 0.634. The molecule has 1 aliphatic rings. The monoisotopic (exact) mass is 146 g/mol. The summed E-state index contributed by atoms with van der Waals surface area (Å²) in [4.78, 5) is 0. The van der Waals surface area contributed by atoms with Crippen molar-refractivity contribution < 1.29 is 0 Å². The second-order valence-electron chi connectivity index (χ2n) is 2.54. The Hall–Kier alpha value is -0.260. The third kappa shape index (κ3) is 1.85. The zero-order chi connectivity index (χ0) is 6.04. The lowest BCUT2D eigenvalue weighted by Crippen LogP contribution is -2.14. The molecule has 52 valence electrons. The summed E-state index contributed by atoms with van der Waals surface area (Å²) in [5.74, 6) is 0. The Bertz CT molecular complexity index is 124. The molecule has 1 saturated carbocycles. The smallest absolute Gasteiger partial charge is 0.0628 e. The van der Waals surface area contributed by atoms with Crippen molar-refractivity contribution in [3.8, 4) is 6.07 Å². The lowest BCUT2D eigenvalue weighted by molar-refractivity contribution is 0.539. The predicted molar refractivity (Wildman–Crippen MR) is 38.2 cm³/mol. The van der Waals surface area contributed by atoms with Crippen molar-refractivity contribution in [2.24, 2.45) is 11.1 Å². The van der Waals surface area contributed by atoms with Gasteiger partial charge in [-0.25, -0.2) is 0 Å². The van der Waals surface area contributed by atoms with Crippen LogP contribution in [0.4, 0.5) is 0 Å². The molecule has 0 aromatic carbocycles. The van der Waals surface area contributed by atoms with Gasteiger partial charge < -0.3 is 5.73 Å². The number of rotatable bonds is 2. The molecule has 0 aromatic heterocycles. The van der Waals surface area contributed by atoms with Gasteiger partial charge in [0.2, 0.25) is 0 Å². The Kier molecular flexibility index (Phi) is 2.96. The molecule has 0 atom stereocenters. The first-order valence-corrected chi connectivity index (χ1v) is 2.90. The highest BCUT2D eigenvalue weighted by Gasteiger charge is 2.40. The normalized spacial score (nSPS) is 19.6. The van der Waals surface area contributed by atoms with Crippen LogP contribution in [0, 0.1) is 16.7 Å². The molecule has 0 bridgehead atoms. The predicted octanol–water partition coefficient (Wildman–Crippen LogP) is 1.06. The highest BCUT2D eigenvalue weighted by atomic mass is 35.5. The Labute approximate surface area is 61.4 Å². The van der Waals surface area contributed by atoms with Gasteiger partial charge in [-0.2, -0.15) is 5.26 Å². The Morgan fingerprint density at radius 2 is 2.11 bits per heavy atom. The van der Waals surface area contributed by atoms with Crippen molar-refractivity contribution in [1.82, 2.24) is 0 Å². The summed E-state index contributed by atoms with van der Waals surface area (Å²) in [7, 11) is 0. The molecule has 0 aliphatic heterocycles. The Balaban J connectivity index is 0.000000640. The maximum absolute atomic E-state index is 8.27. The second kappa shape index (κ2) is 3.05. The maximum Gasteiger partial charge on any atom is 0.0628 e. The van der Waals surface area contributed by atoms with E-state index < -0.39 is 0 Å². The van der Waals surface area contributed by atoms with Gasteiger partial charge in [0.25, 0.3) is 0 Å². The largest absolute Gasteiger partial charge is 0.330 e. The van der Waals surface area contributed by atoms with E-state index in [0.29, 0.717) is 13.0 Å². The number of nitriles is 1.